The molecule has 2 rings (SSSR count). The first-order valence-electron chi connectivity index (χ1n) is 6.18. The van der Waals surface area contributed by atoms with Crippen molar-refractivity contribution in [3.63, 3.8) is 0 Å². The normalized spacial score (nSPS) is 10.4. The minimum atomic E-state index is 0.439. The molecule has 0 bridgehead atoms. The van der Waals surface area contributed by atoms with Gasteiger partial charge >= 0.3 is 0 Å². The van der Waals surface area contributed by atoms with E-state index in [1.807, 2.05) is 25.2 Å². The summed E-state index contributed by atoms with van der Waals surface area (Å²) < 4.78 is 6.10. The van der Waals surface area contributed by atoms with Gasteiger partial charge in [-0.3, -0.25) is 0 Å². The monoisotopic (exact) mass is 354 g/mol. The number of aromatic nitrogens is 1. The molecule has 0 aliphatic carbocycles. The molecule has 0 aliphatic heterocycles. The quantitative estimate of drug-likeness (QED) is 0.751. The van der Waals surface area contributed by atoms with Gasteiger partial charge < -0.3 is 9.64 Å². The maximum Gasteiger partial charge on any atom is 0.133 e. The number of hydrogen-bond acceptors (Lipinski definition) is 3. The highest BCUT2D eigenvalue weighted by atomic mass is 79.9. The number of ether oxygens (including phenoxy) is 1. The lowest BCUT2D eigenvalue weighted by Crippen LogP contribution is -2.19. The Morgan fingerprint density at radius 1 is 1.30 bits per heavy atom. The second-order valence-electron chi connectivity index (χ2n) is 4.47. The van der Waals surface area contributed by atoms with Gasteiger partial charge in [0, 0.05) is 29.8 Å². The molecule has 0 saturated heterocycles. The SMILES string of the molecule is COc1ccc(CN(C)c2ncc(Br)cc2CCl)cc1. The van der Waals surface area contributed by atoms with Crippen molar-refractivity contribution in [2.24, 2.45) is 0 Å². The van der Waals surface area contributed by atoms with E-state index in [0.717, 1.165) is 28.1 Å². The van der Waals surface area contributed by atoms with E-state index in [1.54, 1.807) is 13.3 Å². The van der Waals surface area contributed by atoms with Gasteiger partial charge in [-0.25, -0.2) is 4.98 Å². The molecule has 0 saturated carbocycles. The van der Waals surface area contributed by atoms with Crippen LogP contribution in [0.15, 0.2) is 41.0 Å². The van der Waals surface area contributed by atoms with Crippen LogP contribution in [0.3, 0.4) is 0 Å². The molecule has 0 radical (unpaired) electrons. The Kier molecular flexibility index (Phi) is 5.26. The van der Waals surface area contributed by atoms with Crippen LogP contribution in [0.25, 0.3) is 0 Å². The summed E-state index contributed by atoms with van der Waals surface area (Å²) in [5, 5.41) is 0. The highest BCUT2D eigenvalue weighted by molar-refractivity contribution is 9.10. The Hall–Kier alpha value is -1.26. The van der Waals surface area contributed by atoms with E-state index >= 15 is 0 Å². The van der Waals surface area contributed by atoms with Gasteiger partial charge in [0.2, 0.25) is 0 Å². The molecule has 106 valence electrons. The Morgan fingerprint density at radius 2 is 2.00 bits per heavy atom. The summed E-state index contributed by atoms with van der Waals surface area (Å²) >= 11 is 9.40. The van der Waals surface area contributed by atoms with Gasteiger partial charge in [-0.15, -0.1) is 11.6 Å². The standard InChI is InChI=1S/C15H16BrClN2O/c1-19(10-11-3-5-14(20-2)6-4-11)15-12(8-17)7-13(16)9-18-15/h3-7,9H,8,10H2,1-2H3. The van der Waals surface area contributed by atoms with E-state index in [2.05, 4.69) is 37.9 Å². The lowest BCUT2D eigenvalue weighted by molar-refractivity contribution is 0.414. The van der Waals surface area contributed by atoms with E-state index in [-0.39, 0.29) is 0 Å². The first kappa shape index (κ1) is 15.1. The van der Waals surface area contributed by atoms with Gasteiger partial charge in [0.1, 0.15) is 11.6 Å². The number of anilines is 1. The molecule has 1 aromatic carbocycles. The first-order valence-corrected chi connectivity index (χ1v) is 7.51. The molecule has 3 nitrogen and oxygen atoms in total. The zero-order valence-corrected chi connectivity index (χ0v) is 13.8. The fourth-order valence-electron chi connectivity index (χ4n) is 2.00. The minimum Gasteiger partial charge on any atom is -0.497 e. The van der Waals surface area contributed by atoms with Crippen molar-refractivity contribution in [3.05, 3.63) is 52.1 Å². The van der Waals surface area contributed by atoms with E-state index in [1.165, 1.54) is 5.56 Å². The van der Waals surface area contributed by atoms with Crippen molar-refractivity contribution in [2.45, 2.75) is 12.4 Å². The van der Waals surface area contributed by atoms with Crippen LogP contribution in [-0.2, 0) is 12.4 Å². The molecule has 0 atom stereocenters. The zero-order chi connectivity index (χ0) is 14.5. The van der Waals surface area contributed by atoms with Crippen molar-refractivity contribution in [2.75, 3.05) is 19.1 Å². The minimum absolute atomic E-state index is 0.439. The number of methoxy groups -OCH3 is 1. The number of alkyl halides is 1. The molecule has 0 spiro atoms. The first-order chi connectivity index (χ1) is 9.63. The van der Waals surface area contributed by atoms with Crippen LogP contribution in [0.4, 0.5) is 5.82 Å². The Labute approximate surface area is 132 Å². The fraction of sp³-hybridized carbons (Fsp3) is 0.267. The Balaban J connectivity index is 2.16. The number of halogens is 2. The third-order valence-corrected chi connectivity index (χ3v) is 3.72. The number of pyridine rings is 1. The van der Waals surface area contributed by atoms with Gasteiger partial charge in [-0.2, -0.15) is 0 Å². The van der Waals surface area contributed by atoms with Crippen molar-refractivity contribution in [1.29, 1.82) is 0 Å². The van der Waals surface area contributed by atoms with E-state index in [4.69, 9.17) is 16.3 Å². The van der Waals surface area contributed by atoms with Crippen LogP contribution in [0.2, 0.25) is 0 Å². The average molecular weight is 356 g/mol. The molecule has 1 aromatic heterocycles. The van der Waals surface area contributed by atoms with E-state index in [0.29, 0.717) is 5.88 Å². The van der Waals surface area contributed by atoms with E-state index in [9.17, 15) is 0 Å². The van der Waals surface area contributed by atoms with Crippen LogP contribution < -0.4 is 9.64 Å². The smallest absolute Gasteiger partial charge is 0.133 e. The number of hydrogen-bond donors (Lipinski definition) is 0. The summed E-state index contributed by atoms with van der Waals surface area (Å²) in [7, 11) is 3.68. The predicted molar refractivity (Wildman–Crippen MR) is 86.6 cm³/mol. The van der Waals surface area contributed by atoms with Gasteiger partial charge in [0.25, 0.3) is 0 Å². The van der Waals surface area contributed by atoms with Gasteiger partial charge in [-0.05, 0) is 39.7 Å². The lowest BCUT2D eigenvalue weighted by atomic mass is 10.2. The van der Waals surface area contributed by atoms with Crippen molar-refractivity contribution in [3.8, 4) is 5.75 Å². The number of benzene rings is 1. The van der Waals surface area contributed by atoms with Crippen LogP contribution in [0.1, 0.15) is 11.1 Å². The van der Waals surface area contributed by atoms with Crippen molar-refractivity contribution in [1.82, 2.24) is 4.98 Å². The summed E-state index contributed by atoms with van der Waals surface area (Å²) in [6, 6.07) is 10.0. The van der Waals surface area contributed by atoms with Crippen LogP contribution >= 0.6 is 27.5 Å². The molecule has 0 amide bonds. The molecule has 0 N–H and O–H groups in total. The third kappa shape index (κ3) is 3.64. The summed E-state index contributed by atoms with van der Waals surface area (Å²) in [6.07, 6.45) is 1.79. The third-order valence-electron chi connectivity index (χ3n) is 2.99. The van der Waals surface area contributed by atoms with Crippen molar-refractivity contribution < 1.29 is 4.74 Å². The molecule has 0 unspecified atom stereocenters. The molecule has 0 fully saturated rings. The van der Waals surface area contributed by atoms with Gasteiger partial charge in [0.15, 0.2) is 0 Å². The van der Waals surface area contributed by atoms with Crippen LogP contribution in [-0.4, -0.2) is 19.1 Å². The zero-order valence-electron chi connectivity index (χ0n) is 11.4. The molecular formula is C15H16BrClN2O. The molecule has 0 aliphatic rings. The van der Waals surface area contributed by atoms with Gasteiger partial charge in [0.05, 0.1) is 13.0 Å². The second kappa shape index (κ2) is 6.95. The highest BCUT2D eigenvalue weighted by Gasteiger charge is 2.10. The Bertz CT molecular complexity index is 575. The highest BCUT2D eigenvalue weighted by Crippen LogP contribution is 2.24. The maximum atomic E-state index is 5.99. The van der Waals surface area contributed by atoms with E-state index < -0.39 is 0 Å². The Morgan fingerprint density at radius 3 is 2.60 bits per heavy atom. The fourth-order valence-corrected chi connectivity index (χ4v) is 2.57. The number of rotatable bonds is 5. The molecule has 1 heterocycles. The molecular weight excluding hydrogens is 340 g/mol. The molecule has 2 aromatic rings. The lowest BCUT2D eigenvalue weighted by Gasteiger charge is -2.21. The number of nitrogens with zero attached hydrogens (tertiary/aromatic N) is 2. The summed E-state index contributed by atoms with van der Waals surface area (Å²) in [4.78, 5) is 6.54. The van der Waals surface area contributed by atoms with Crippen LogP contribution in [0, 0.1) is 0 Å². The summed E-state index contributed by atoms with van der Waals surface area (Å²) in [5.41, 5.74) is 2.20. The van der Waals surface area contributed by atoms with Crippen molar-refractivity contribution >= 4 is 33.3 Å². The topological polar surface area (TPSA) is 25.4 Å². The van der Waals surface area contributed by atoms with Gasteiger partial charge in [-0.1, -0.05) is 12.1 Å². The maximum absolute atomic E-state index is 5.99. The molecule has 20 heavy (non-hydrogen) atoms. The second-order valence-corrected chi connectivity index (χ2v) is 5.66. The van der Waals surface area contributed by atoms with Crippen LogP contribution in [0.5, 0.6) is 5.75 Å². The summed E-state index contributed by atoms with van der Waals surface area (Å²) in [6.45, 7) is 0.766. The largest absolute Gasteiger partial charge is 0.497 e. The molecule has 5 heteroatoms. The summed E-state index contributed by atoms with van der Waals surface area (Å²) in [5.74, 6) is 2.20. The average Bonchev–Trinajstić information content (AvgIpc) is 2.47. The predicted octanol–water partition coefficient (Wildman–Crippen LogP) is 4.23.